The van der Waals surface area contributed by atoms with Crippen molar-refractivity contribution in [2.75, 3.05) is 32.7 Å². The highest BCUT2D eigenvalue weighted by Crippen LogP contribution is 2.16. The number of thiazole rings is 1. The summed E-state index contributed by atoms with van der Waals surface area (Å²) in [5.74, 6) is 0.902. The summed E-state index contributed by atoms with van der Waals surface area (Å²) in [4.78, 5) is 13.1. The Morgan fingerprint density at radius 1 is 1.16 bits per heavy atom. The first-order valence-electron chi connectivity index (χ1n) is 9.36. The van der Waals surface area contributed by atoms with Gasteiger partial charge < -0.3 is 15.5 Å². The maximum absolute atomic E-state index is 4.67. The minimum atomic E-state index is 0. The Bertz CT molecular complexity index is 490. The van der Waals surface area contributed by atoms with Gasteiger partial charge in [0, 0.05) is 18.0 Å². The van der Waals surface area contributed by atoms with E-state index in [-0.39, 0.29) is 24.0 Å². The molecule has 2 N–H and O–H groups in total. The van der Waals surface area contributed by atoms with Crippen molar-refractivity contribution in [2.45, 2.75) is 59.4 Å². The largest absolute Gasteiger partial charge is 0.357 e. The van der Waals surface area contributed by atoms with Crippen LogP contribution in [0.25, 0.3) is 0 Å². The van der Waals surface area contributed by atoms with Crippen molar-refractivity contribution in [1.29, 1.82) is 0 Å². The molecule has 0 radical (unpaired) electrons. The van der Waals surface area contributed by atoms with Gasteiger partial charge in [-0.15, -0.1) is 35.3 Å². The number of aryl methyl sites for hydroxylation is 2. The zero-order chi connectivity index (χ0) is 17.2. The average molecular weight is 479 g/mol. The molecule has 0 unspecified atom stereocenters. The molecule has 7 heteroatoms. The Kier molecular flexibility index (Phi) is 11.6. The van der Waals surface area contributed by atoms with Crippen LogP contribution in [0.4, 0.5) is 0 Å². The molecule has 5 nitrogen and oxygen atoms in total. The second-order valence-corrected chi connectivity index (χ2v) is 7.77. The molecule has 0 spiro atoms. The van der Waals surface area contributed by atoms with E-state index in [9.17, 15) is 0 Å². The number of likely N-dealkylation sites (tertiary alicyclic amines) is 1. The standard InChI is InChI=1S/C18H33N5S.HI/c1-4-19-18(21-14-17-22-15(2)16(3)24-17)20-10-9-13-23-11-7-5-6-8-12-23;/h4-14H2,1-3H3,(H2,19,20,21);1H. The van der Waals surface area contributed by atoms with Crippen molar-refractivity contribution in [3.05, 3.63) is 15.6 Å². The maximum atomic E-state index is 4.67. The Hall–Kier alpha value is -0.410. The Labute approximate surface area is 174 Å². The van der Waals surface area contributed by atoms with Crippen LogP contribution in [0.15, 0.2) is 4.99 Å². The van der Waals surface area contributed by atoms with Gasteiger partial charge in [0.1, 0.15) is 5.01 Å². The number of halogens is 1. The summed E-state index contributed by atoms with van der Waals surface area (Å²) in [7, 11) is 0. The number of aromatic nitrogens is 1. The minimum absolute atomic E-state index is 0. The molecule has 2 heterocycles. The normalized spacial score (nSPS) is 16.2. The lowest BCUT2D eigenvalue weighted by atomic mass is 10.2. The van der Waals surface area contributed by atoms with Crippen LogP contribution >= 0.6 is 35.3 Å². The molecular formula is C18H34IN5S. The highest BCUT2D eigenvalue weighted by Gasteiger charge is 2.08. The lowest BCUT2D eigenvalue weighted by Gasteiger charge is -2.20. The first-order valence-corrected chi connectivity index (χ1v) is 10.2. The molecule has 1 aliphatic rings. The van der Waals surface area contributed by atoms with Crippen molar-refractivity contribution < 1.29 is 0 Å². The molecule has 0 aliphatic carbocycles. The van der Waals surface area contributed by atoms with E-state index in [4.69, 9.17) is 0 Å². The molecule has 2 rings (SSSR count). The summed E-state index contributed by atoms with van der Waals surface area (Å²) in [5.41, 5.74) is 1.13. The maximum Gasteiger partial charge on any atom is 0.191 e. The summed E-state index contributed by atoms with van der Waals surface area (Å²) in [5, 5.41) is 7.87. The van der Waals surface area contributed by atoms with Gasteiger partial charge in [0.05, 0.1) is 12.2 Å². The van der Waals surface area contributed by atoms with Gasteiger partial charge in [0.15, 0.2) is 5.96 Å². The Balaban J connectivity index is 0.00000312. The predicted octanol–water partition coefficient (Wildman–Crippen LogP) is 3.70. The third-order valence-corrected chi connectivity index (χ3v) is 5.49. The lowest BCUT2D eigenvalue weighted by molar-refractivity contribution is 0.282. The van der Waals surface area contributed by atoms with E-state index in [1.165, 1.54) is 56.6 Å². The first kappa shape index (κ1) is 22.6. The lowest BCUT2D eigenvalue weighted by Crippen LogP contribution is -2.39. The highest BCUT2D eigenvalue weighted by molar-refractivity contribution is 14.0. The Morgan fingerprint density at radius 2 is 1.88 bits per heavy atom. The van der Waals surface area contributed by atoms with Crippen LogP contribution in [0.3, 0.4) is 0 Å². The van der Waals surface area contributed by atoms with Gasteiger partial charge in [-0.1, -0.05) is 12.8 Å². The SMILES string of the molecule is CCNC(=NCc1nc(C)c(C)s1)NCCCN1CCCCCC1.I. The Morgan fingerprint density at radius 3 is 2.48 bits per heavy atom. The summed E-state index contributed by atoms with van der Waals surface area (Å²) in [6, 6.07) is 0. The van der Waals surface area contributed by atoms with E-state index in [1.807, 2.05) is 0 Å². The van der Waals surface area contributed by atoms with Gasteiger partial charge in [-0.05, 0) is 59.7 Å². The van der Waals surface area contributed by atoms with Crippen molar-refractivity contribution in [3.63, 3.8) is 0 Å². The molecule has 25 heavy (non-hydrogen) atoms. The minimum Gasteiger partial charge on any atom is -0.357 e. The van der Waals surface area contributed by atoms with Gasteiger partial charge in [-0.3, -0.25) is 0 Å². The third-order valence-electron chi connectivity index (χ3n) is 4.43. The molecule has 0 atom stereocenters. The molecule has 0 bridgehead atoms. The van der Waals surface area contributed by atoms with Gasteiger partial charge in [-0.2, -0.15) is 0 Å². The van der Waals surface area contributed by atoms with Crippen LogP contribution < -0.4 is 10.6 Å². The van der Waals surface area contributed by atoms with Crippen LogP contribution in [0.1, 0.15) is 54.6 Å². The molecule has 0 saturated carbocycles. The number of rotatable bonds is 7. The van der Waals surface area contributed by atoms with Crippen LogP contribution in [-0.2, 0) is 6.54 Å². The van der Waals surface area contributed by atoms with Crippen LogP contribution in [0.2, 0.25) is 0 Å². The quantitative estimate of drug-likeness (QED) is 0.271. The second kappa shape index (κ2) is 12.9. The fourth-order valence-electron chi connectivity index (χ4n) is 2.96. The van der Waals surface area contributed by atoms with Gasteiger partial charge in [0.2, 0.25) is 0 Å². The first-order chi connectivity index (χ1) is 11.7. The molecule has 0 amide bonds. The van der Waals surface area contributed by atoms with Crippen molar-refractivity contribution in [2.24, 2.45) is 4.99 Å². The van der Waals surface area contributed by atoms with Gasteiger partial charge >= 0.3 is 0 Å². The molecule has 144 valence electrons. The van der Waals surface area contributed by atoms with E-state index in [1.54, 1.807) is 11.3 Å². The summed E-state index contributed by atoms with van der Waals surface area (Å²) in [6.07, 6.45) is 6.71. The molecule has 1 fully saturated rings. The van der Waals surface area contributed by atoms with E-state index >= 15 is 0 Å². The topological polar surface area (TPSA) is 52.6 Å². The molecule has 0 aromatic carbocycles. The molecular weight excluding hydrogens is 445 g/mol. The average Bonchev–Trinajstić information content (AvgIpc) is 2.77. The summed E-state index contributed by atoms with van der Waals surface area (Å²) >= 11 is 1.74. The smallest absolute Gasteiger partial charge is 0.191 e. The number of aliphatic imine (C=N–C) groups is 1. The van der Waals surface area contributed by atoms with E-state index < -0.39 is 0 Å². The number of nitrogens with one attached hydrogen (secondary N) is 2. The summed E-state index contributed by atoms with van der Waals surface area (Å²) in [6.45, 7) is 12.5. The molecule has 1 aromatic heterocycles. The second-order valence-electron chi connectivity index (χ2n) is 6.48. The predicted molar refractivity (Wildman–Crippen MR) is 119 cm³/mol. The van der Waals surface area contributed by atoms with E-state index in [0.29, 0.717) is 6.54 Å². The third kappa shape index (κ3) is 8.68. The monoisotopic (exact) mass is 479 g/mol. The van der Waals surface area contributed by atoms with E-state index in [2.05, 4.69) is 46.3 Å². The van der Waals surface area contributed by atoms with Crippen LogP contribution in [0, 0.1) is 13.8 Å². The number of nitrogens with zero attached hydrogens (tertiary/aromatic N) is 3. The van der Waals surface area contributed by atoms with Crippen LogP contribution in [0.5, 0.6) is 0 Å². The van der Waals surface area contributed by atoms with Crippen molar-refractivity contribution >= 4 is 41.3 Å². The zero-order valence-electron chi connectivity index (χ0n) is 15.9. The highest BCUT2D eigenvalue weighted by atomic mass is 127. The number of hydrogen-bond acceptors (Lipinski definition) is 4. The van der Waals surface area contributed by atoms with Gasteiger partial charge in [0.25, 0.3) is 0 Å². The van der Waals surface area contributed by atoms with E-state index in [0.717, 1.165) is 29.8 Å². The molecule has 1 saturated heterocycles. The van der Waals surface area contributed by atoms with Crippen LogP contribution in [-0.4, -0.2) is 48.6 Å². The van der Waals surface area contributed by atoms with Crippen molar-refractivity contribution in [1.82, 2.24) is 20.5 Å². The number of guanidine groups is 1. The zero-order valence-corrected chi connectivity index (χ0v) is 19.1. The van der Waals surface area contributed by atoms with Gasteiger partial charge in [-0.25, -0.2) is 9.98 Å². The molecule has 1 aromatic rings. The van der Waals surface area contributed by atoms with Crippen molar-refractivity contribution in [3.8, 4) is 0 Å². The number of hydrogen-bond donors (Lipinski definition) is 2. The molecule has 1 aliphatic heterocycles. The summed E-state index contributed by atoms with van der Waals surface area (Å²) < 4.78 is 0. The fraction of sp³-hybridized carbons (Fsp3) is 0.778. The fourth-order valence-corrected chi connectivity index (χ4v) is 3.82.